The summed E-state index contributed by atoms with van der Waals surface area (Å²) in [6.07, 6.45) is 0. The Balaban J connectivity index is 1.70. The first-order valence-corrected chi connectivity index (χ1v) is 10.6. The van der Waals surface area contributed by atoms with Gasteiger partial charge in [0.15, 0.2) is 4.80 Å². The molecule has 0 spiro atoms. The van der Waals surface area contributed by atoms with Crippen molar-refractivity contribution in [3.05, 3.63) is 88.7 Å². The molecule has 0 unspecified atom stereocenters. The van der Waals surface area contributed by atoms with Crippen molar-refractivity contribution in [2.45, 2.75) is 6.92 Å². The zero-order valence-electron chi connectivity index (χ0n) is 17.1. The van der Waals surface area contributed by atoms with E-state index in [-0.39, 0.29) is 5.97 Å². The van der Waals surface area contributed by atoms with Crippen molar-refractivity contribution in [1.82, 2.24) is 4.57 Å². The highest BCUT2D eigenvalue weighted by Crippen LogP contribution is 2.26. The van der Waals surface area contributed by atoms with E-state index in [1.54, 1.807) is 37.3 Å². The molecular formula is C24H20N2O4S. The van der Waals surface area contributed by atoms with Gasteiger partial charge in [0.2, 0.25) is 0 Å². The molecule has 0 saturated carbocycles. The zero-order chi connectivity index (χ0) is 21.8. The Morgan fingerprint density at radius 2 is 1.74 bits per heavy atom. The van der Waals surface area contributed by atoms with Crippen LogP contribution in [-0.4, -0.2) is 23.1 Å². The standard InChI is InChI=1S/C24H20N2O4S/c1-3-29-23(28)16-13-14-19-21(15-16)31-24(26(19)2)25-22(27)18-11-7-8-12-20(18)30-17-9-5-4-6-10-17/h4-15H,3H2,1-2H3. The zero-order valence-corrected chi connectivity index (χ0v) is 17.9. The maximum absolute atomic E-state index is 13.0. The van der Waals surface area contributed by atoms with Crippen molar-refractivity contribution < 1.29 is 19.1 Å². The number of amides is 1. The molecule has 0 aliphatic carbocycles. The molecule has 31 heavy (non-hydrogen) atoms. The van der Waals surface area contributed by atoms with E-state index >= 15 is 0 Å². The van der Waals surface area contributed by atoms with E-state index in [9.17, 15) is 9.59 Å². The SMILES string of the molecule is CCOC(=O)c1ccc2c(c1)sc(=NC(=O)c1ccccc1Oc1ccccc1)n2C. The fourth-order valence-electron chi connectivity index (χ4n) is 3.08. The summed E-state index contributed by atoms with van der Waals surface area (Å²) >= 11 is 1.33. The second-order valence-electron chi connectivity index (χ2n) is 6.67. The van der Waals surface area contributed by atoms with Crippen LogP contribution in [0.1, 0.15) is 27.6 Å². The maximum atomic E-state index is 13.0. The highest BCUT2D eigenvalue weighted by molar-refractivity contribution is 7.16. The second-order valence-corrected chi connectivity index (χ2v) is 7.68. The van der Waals surface area contributed by atoms with Gasteiger partial charge in [-0.25, -0.2) is 4.79 Å². The van der Waals surface area contributed by atoms with Gasteiger partial charge in [-0.15, -0.1) is 0 Å². The van der Waals surface area contributed by atoms with Crippen LogP contribution in [0.5, 0.6) is 11.5 Å². The van der Waals surface area contributed by atoms with E-state index in [1.165, 1.54) is 11.3 Å². The Labute approximate surface area is 183 Å². The molecule has 1 amide bonds. The summed E-state index contributed by atoms with van der Waals surface area (Å²) in [4.78, 5) is 29.9. The van der Waals surface area contributed by atoms with E-state index in [1.807, 2.05) is 54.1 Å². The molecule has 0 aliphatic rings. The lowest BCUT2D eigenvalue weighted by Crippen LogP contribution is -2.13. The molecule has 7 heteroatoms. The van der Waals surface area contributed by atoms with Crippen LogP contribution in [0.2, 0.25) is 0 Å². The number of aromatic nitrogens is 1. The lowest BCUT2D eigenvalue weighted by atomic mass is 10.2. The second kappa shape index (κ2) is 8.97. The third-order valence-electron chi connectivity index (χ3n) is 4.61. The van der Waals surface area contributed by atoms with Crippen LogP contribution in [0.3, 0.4) is 0 Å². The van der Waals surface area contributed by atoms with E-state index in [0.29, 0.717) is 34.0 Å². The first-order valence-electron chi connectivity index (χ1n) is 9.74. The molecule has 0 aliphatic heterocycles. The van der Waals surface area contributed by atoms with Gasteiger partial charge in [0, 0.05) is 7.05 Å². The van der Waals surface area contributed by atoms with Crippen molar-refractivity contribution in [3.8, 4) is 11.5 Å². The van der Waals surface area contributed by atoms with Crippen molar-refractivity contribution in [2.24, 2.45) is 12.0 Å². The van der Waals surface area contributed by atoms with Crippen LogP contribution < -0.4 is 9.54 Å². The Kier molecular flexibility index (Phi) is 5.95. The molecule has 1 aromatic heterocycles. The molecule has 0 bridgehead atoms. The number of benzene rings is 3. The van der Waals surface area contributed by atoms with Gasteiger partial charge < -0.3 is 14.0 Å². The summed E-state index contributed by atoms with van der Waals surface area (Å²) < 4.78 is 13.6. The predicted molar refractivity (Wildman–Crippen MR) is 120 cm³/mol. The summed E-state index contributed by atoms with van der Waals surface area (Å²) in [6.45, 7) is 2.08. The van der Waals surface area contributed by atoms with Crippen LogP contribution in [0, 0.1) is 0 Å². The van der Waals surface area contributed by atoms with Crippen LogP contribution >= 0.6 is 11.3 Å². The predicted octanol–water partition coefficient (Wildman–Crippen LogP) is 4.95. The van der Waals surface area contributed by atoms with Crippen LogP contribution in [0.15, 0.2) is 77.8 Å². The van der Waals surface area contributed by atoms with Gasteiger partial charge in [-0.2, -0.15) is 4.99 Å². The monoisotopic (exact) mass is 432 g/mol. The lowest BCUT2D eigenvalue weighted by molar-refractivity contribution is 0.0526. The molecule has 156 valence electrons. The van der Waals surface area contributed by atoms with Crippen LogP contribution in [-0.2, 0) is 11.8 Å². The molecule has 0 fully saturated rings. The van der Waals surface area contributed by atoms with Crippen LogP contribution in [0.25, 0.3) is 10.2 Å². The number of carbonyl (C=O) groups excluding carboxylic acids is 2. The van der Waals surface area contributed by atoms with Crippen molar-refractivity contribution in [3.63, 3.8) is 0 Å². The van der Waals surface area contributed by atoms with Crippen molar-refractivity contribution in [2.75, 3.05) is 6.61 Å². The Morgan fingerprint density at radius 1 is 1.00 bits per heavy atom. The van der Waals surface area contributed by atoms with Crippen molar-refractivity contribution >= 4 is 33.4 Å². The van der Waals surface area contributed by atoms with Crippen molar-refractivity contribution in [1.29, 1.82) is 0 Å². The Bertz CT molecular complexity index is 1320. The van der Waals surface area contributed by atoms with Gasteiger partial charge in [0.1, 0.15) is 11.5 Å². The Hall–Kier alpha value is -3.71. The normalized spacial score (nSPS) is 11.5. The summed E-state index contributed by atoms with van der Waals surface area (Å²) in [6, 6.07) is 21.6. The minimum Gasteiger partial charge on any atom is -0.462 e. The molecule has 4 aromatic rings. The van der Waals surface area contributed by atoms with Gasteiger partial charge in [0.05, 0.1) is 28.0 Å². The van der Waals surface area contributed by atoms with Gasteiger partial charge in [-0.3, -0.25) is 4.79 Å². The number of fused-ring (bicyclic) bond motifs is 1. The van der Waals surface area contributed by atoms with Gasteiger partial charge in [-0.05, 0) is 49.4 Å². The average molecular weight is 433 g/mol. The number of para-hydroxylation sites is 2. The molecule has 0 radical (unpaired) electrons. The number of carbonyl (C=O) groups is 2. The number of ether oxygens (including phenoxy) is 2. The topological polar surface area (TPSA) is 69.9 Å². The molecular weight excluding hydrogens is 412 g/mol. The van der Waals surface area contributed by atoms with Gasteiger partial charge >= 0.3 is 5.97 Å². The number of rotatable bonds is 5. The molecule has 4 rings (SSSR count). The number of thiazole rings is 1. The summed E-state index contributed by atoms with van der Waals surface area (Å²) in [5.41, 5.74) is 1.71. The first kappa shape index (κ1) is 20.6. The van der Waals surface area contributed by atoms with E-state index in [2.05, 4.69) is 4.99 Å². The number of hydrogen-bond acceptors (Lipinski definition) is 5. The van der Waals surface area contributed by atoms with E-state index in [0.717, 1.165) is 10.2 Å². The smallest absolute Gasteiger partial charge is 0.338 e. The molecule has 3 aromatic carbocycles. The summed E-state index contributed by atoms with van der Waals surface area (Å²) in [5.74, 6) is 0.304. The van der Waals surface area contributed by atoms with Gasteiger partial charge in [-0.1, -0.05) is 41.7 Å². The molecule has 0 saturated heterocycles. The number of hydrogen-bond donors (Lipinski definition) is 0. The Morgan fingerprint density at radius 3 is 2.52 bits per heavy atom. The molecule has 0 N–H and O–H groups in total. The average Bonchev–Trinajstić information content (AvgIpc) is 3.09. The fourth-order valence-corrected chi connectivity index (χ4v) is 4.13. The molecule has 6 nitrogen and oxygen atoms in total. The van der Waals surface area contributed by atoms with Gasteiger partial charge in [0.25, 0.3) is 5.91 Å². The quantitative estimate of drug-likeness (QED) is 0.419. The first-order chi connectivity index (χ1) is 15.1. The number of esters is 1. The largest absolute Gasteiger partial charge is 0.462 e. The van der Waals surface area contributed by atoms with E-state index in [4.69, 9.17) is 9.47 Å². The van der Waals surface area contributed by atoms with E-state index < -0.39 is 5.91 Å². The molecule has 1 heterocycles. The third-order valence-corrected chi connectivity index (χ3v) is 5.70. The molecule has 0 atom stereocenters. The summed E-state index contributed by atoms with van der Waals surface area (Å²) in [7, 11) is 1.83. The maximum Gasteiger partial charge on any atom is 0.338 e. The lowest BCUT2D eigenvalue weighted by Gasteiger charge is -2.08. The highest BCUT2D eigenvalue weighted by atomic mass is 32.1. The minimum atomic E-state index is -0.403. The minimum absolute atomic E-state index is 0.314. The third kappa shape index (κ3) is 4.41. The van der Waals surface area contributed by atoms with Crippen LogP contribution in [0.4, 0.5) is 0 Å². The number of aryl methyl sites for hydroxylation is 1. The fraction of sp³-hybridized carbons (Fsp3) is 0.125. The summed E-state index contributed by atoms with van der Waals surface area (Å²) in [5, 5.41) is 0. The number of nitrogens with zero attached hydrogens (tertiary/aromatic N) is 2. The highest BCUT2D eigenvalue weighted by Gasteiger charge is 2.14.